The summed E-state index contributed by atoms with van der Waals surface area (Å²) in [5.74, 6) is 2.33. The van der Waals surface area contributed by atoms with Gasteiger partial charge in [-0.25, -0.2) is 4.68 Å². The largest absolute Gasteiger partial charge is 0.493 e. The molecule has 9 heteroatoms. The molecule has 0 bridgehead atoms. The van der Waals surface area contributed by atoms with Crippen molar-refractivity contribution in [1.82, 2.24) is 20.2 Å². The van der Waals surface area contributed by atoms with E-state index in [4.69, 9.17) is 17.0 Å². The molecule has 0 saturated carbocycles. The highest BCUT2D eigenvalue weighted by atomic mass is 32.2. The van der Waals surface area contributed by atoms with Gasteiger partial charge in [-0.05, 0) is 48.0 Å². The van der Waals surface area contributed by atoms with Crippen LogP contribution < -0.4 is 15.5 Å². The minimum Gasteiger partial charge on any atom is -0.493 e. The Balaban J connectivity index is 1.60. The van der Waals surface area contributed by atoms with E-state index in [1.54, 1.807) is 40.7 Å². The van der Waals surface area contributed by atoms with E-state index in [-0.39, 0.29) is 11.0 Å². The molecular weight excluding hydrogens is 442 g/mol. The second-order valence-electron chi connectivity index (χ2n) is 7.49. The number of rotatable bonds is 9. The van der Waals surface area contributed by atoms with Gasteiger partial charge in [0.15, 0.2) is 10.9 Å². The van der Waals surface area contributed by atoms with Crippen LogP contribution in [0.2, 0.25) is 0 Å². The van der Waals surface area contributed by atoms with Gasteiger partial charge in [0.25, 0.3) is 5.91 Å². The number of nitrogens with one attached hydrogen (secondary N) is 2. The van der Waals surface area contributed by atoms with Gasteiger partial charge in [0.2, 0.25) is 5.16 Å². The average molecular weight is 470 g/mol. The van der Waals surface area contributed by atoms with Crippen LogP contribution in [-0.4, -0.2) is 32.5 Å². The Hall–Kier alpha value is -2.91. The molecule has 3 aromatic rings. The number of carbonyl (C=O) groups is 1. The minimum absolute atomic E-state index is 0.172. The summed E-state index contributed by atoms with van der Waals surface area (Å²) in [6.07, 6.45) is 0.667. The number of aryl methyl sites for hydroxylation is 1. The van der Waals surface area contributed by atoms with E-state index in [1.165, 1.54) is 5.56 Å². The summed E-state index contributed by atoms with van der Waals surface area (Å²) in [4.78, 5) is 12.6. The molecule has 0 radical (unpaired) electrons. The van der Waals surface area contributed by atoms with Gasteiger partial charge in [-0.15, -0.1) is 10.2 Å². The number of carbonyl (C=O) groups excluding carboxylic acids is 1. The van der Waals surface area contributed by atoms with Crippen LogP contribution in [-0.2, 0) is 12.2 Å². The van der Waals surface area contributed by atoms with E-state index >= 15 is 0 Å². The Morgan fingerprint density at radius 1 is 1.12 bits per heavy atom. The van der Waals surface area contributed by atoms with Crippen molar-refractivity contribution in [2.75, 3.05) is 12.0 Å². The van der Waals surface area contributed by atoms with Gasteiger partial charge in [0, 0.05) is 17.7 Å². The number of thioether (sulfide) groups is 1. The zero-order valence-electron chi connectivity index (χ0n) is 18.4. The fourth-order valence-electron chi connectivity index (χ4n) is 2.73. The number of aromatic nitrogens is 3. The lowest BCUT2D eigenvalue weighted by Gasteiger charge is -2.14. The minimum atomic E-state index is -0.303. The molecule has 168 valence electrons. The van der Waals surface area contributed by atoms with Crippen LogP contribution in [0, 0.1) is 5.92 Å². The summed E-state index contributed by atoms with van der Waals surface area (Å²) < 4.78 is 7.38. The first-order valence-corrected chi connectivity index (χ1v) is 11.8. The molecule has 0 saturated heterocycles. The number of nitrogens with zero attached hydrogens (tertiary/aromatic N) is 3. The van der Waals surface area contributed by atoms with Gasteiger partial charge < -0.3 is 4.74 Å². The zero-order valence-corrected chi connectivity index (χ0v) is 20.0. The Kier molecular flexibility index (Phi) is 8.64. The molecule has 0 aliphatic carbocycles. The van der Waals surface area contributed by atoms with E-state index in [2.05, 4.69) is 46.9 Å². The second-order valence-corrected chi connectivity index (χ2v) is 8.84. The summed E-state index contributed by atoms with van der Waals surface area (Å²) in [7, 11) is 0. The molecule has 0 aliphatic heterocycles. The van der Waals surface area contributed by atoms with Crippen molar-refractivity contribution >= 4 is 35.0 Å². The highest BCUT2D eigenvalue weighted by Gasteiger charge is 2.15. The molecule has 0 spiro atoms. The predicted molar refractivity (Wildman–Crippen MR) is 132 cm³/mol. The van der Waals surface area contributed by atoms with Crippen molar-refractivity contribution in [3.8, 4) is 5.75 Å². The van der Waals surface area contributed by atoms with E-state index < -0.39 is 0 Å². The number of thiocarbonyl (C=S) groups is 1. The number of benzene rings is 2. The third kappa shape index (κ3) is 6.80. The number of hydrogen-bond acceptors (Lipinski definition) is 6. The molecule has 2 N–H and O–H groups in total. The number of ether oxygens (including phenoxy) is 1. The Labute approximate surface area is 197 Å². The molecule has 3 rings (SSSR count). The van der Waals surface area contributed by atoms with Crippen molar-refractivity contribution in [2.45, 2.75) is 38.1 Å². The van der Waals surface area contributed by atoms with Crippen molar-refractivity contribution in [3.05, 3.63) is 71.5 Å². The first-order chi connectivity index (χ1) is 15.5. The Bertz CT molecular complexity index is 1040. The average Bonchev–Trinajstić information content (AvgIpc) is 3.18. The molecular formula is C23H27N5O2S2. The topological polar surface area (TPSA) is 81.1 Å². The van der Waals surface area contributed by atoms with Crippen LogP contribution in [0.4, 0.5) is 0 Å². The van der Waals surface area contributed by atoms with Crippen LogP contribution in [0.1, 0.15) is 42.5 Å². The number of hydrogen-bond donors (Lipinski definition) is 2. The SMILES string of the molecule is CCc1nnc(SCc2ccccc2)n1NC(=S)NC(=O)c1ccc(OCC(C)C)cc1. The molecule has 0 unspecified atom stereocenters. The highest BCUT2D eigenvalue weighted by Crippen LogP contribution is 2.21. The molecule has 1 aromatic heterocycles. The lowest BCUT2D eigenvalue weighted by Crippen LogP contribution is -2.38. The quantitative estimate of drug-likeness (QED) is 0.354. The summed E-state index contributed by atoms with van der Waals surface area (Å²) in [5, 5.41) is 12.0. The standard InChI is InChI=1S/C23H27N5O2S2/c1-4-20-25-26-23(32-15-17-8-6-5-7-9-17)28(20)27-22(31)24-21(29)18-10-12-19(13-11-18)30-14-16(2)3/h5-13,16H,4,14-15H2,1-3H3,(H2,24,27,29,31). The first kappa shape index (κ1) is 23.7. The van der Waals surface area contributed by atoms with Crippen LogP contribution in [0.15, 0.2) is 59.8 Å². The van der Waals surface area contributed by atoms with Crippen molar-refractivity contribution in [2.24, 2.45) is 5.92 Å². The van der Waals surface area contributed by atoms with Gasteiger partial charge in [0.05, 0.1) is 6.61 Å². The molecule has 1 amide bonds. The summed E-state index contributed by atoms with van der Waals surface area (Å²) in [6.45, 7) is 6.78. The lowest BCUT2D eigenvalue weighted by molar-refractivity contribution is 0.0977. The van der Waals surface area contributed by atoms with E-state index in [0.717, 1.165) is 17.3 Å². The molecule has 0 fully saturated rings. The van der Waals surface area contributed by atoms with E-state index in [9.17, 15) is 4.79 Å². The number of amides is 1. The Morgan fingerprint density at radius 2 is 1.84 bits per heavy atom. The molecule has 0 aliphatic rings. The van der Waals surface area contributed by atoms with Crippen molar-refractivity contribution in [3.63, 3.8) is 0 Å². The van der Waals surface area contributed by atoms with Crippen LogP contribution in [0.25, 0.3) is 0 Å². The molecule has 2 aromatic carbocycles. The van der Waals surface area contributed by atoms with E-state index in [0.29, 0.717) is 29.7 Å². The van der Waals surface area contributed by atoms with Crippen LogP contribution in [0.5, 0.6) is 5.75 Å². The molecule has 0 atom stereocenters. The molecule has 32 heavy (non-hydrogen) atoms. The fourth-order valence-corrected chi connectivity index (χ4v) is 3.78. The zero-order chi connectivity index (χ0) is 22.9. The fraction of sp³-hybridized carbons (Fsp3) is 0.304. The normalized spacial score (nSPS) is 10.8. The maximum Gasteiger partial charge on any atom is 0.257 e. The monoisotopic (exact) mass is 469 g/mol. The molecule has 7 nitrogen and oxygen atoms in total. The van der Waals surface area contributed by atoms with Crippen LogP contribution in [0.3, 0.4) is 0 Å². The lowest BCUT2D eigenvalue weighted by atomic mass is 10.2. The molecule has 1 heterocycles. The summed E-state index contributed by atoms with van der Waals surface area (Å²) in [5.41, 5.74) is 4.71. The van der Waals surface area contributed by atoms with Gasteiger partial charge in [-0.1, -0.05) is 62.9 Å². The van der Waals surface area contributed by atoms with Crippen molar-refractivity contribution in [1.29, 1.82) is 0 Å². The first-order valence-electron chi connectivity index (χ1n) is 10.4. The Morgan fingerprint density at radius 3 is 2.50 bits per heavy atom. The third-order valence-corrected chi connectivity index (χ3v) is 5.56. The highest BCUT2D eigenvalue weighted by molar-refractivity contribution is 7.98. The van der Waals surface area contributed by atoms with Crippen LogP contribution >= 0.6 is 24.0 Å². The second kappa shape index (κ2) is 11.6. The van der Waals surface area contributed by atoms with E-state index in [1.807, 2.05) is 25.1 Å². The summed E-state index contributed by atoms with van der Waals surface area (Å²) in [6, 6.07) is 17.1. The van der Waals surface area contributed by atoms with Crippen molar-refractivity contribution < 1.29 is 9.53 Å². The van der Waals surface area contributed by atoms with Gasteiger partial charge in [-0.3, -0.25) is 15.5 Å². The maximum atomic E-state index is 12.6. The van der Waals surface area contributed by atoms with Gasteiger partial charge >= 0.3 is 0 Å². The van der Waals surface area contributed by atoms with Gasteiger partial charge in [-0.2, -0.15) is 0 Å². The maximum absolute atomic E-state index is 12.6. The predicted octanol–water partition coefficient (Wildman–Crippen LogP) is 4.43. The van der Waals surface area contributed by atoms with Gasteiger partial charge in [0.1, 0.15) is 5.75 Å². The smallest absolute Gasteiger partial charge is 0.257 e. The summed E-state index contributed by atoms with van der Waals surface area (Å²) >= 11 is 6.91. The third-order valence-electron chi connectivity index (χ3n) is 4.37.